The first kappa shape index (κ1) is 16.8. The number of hydrogen-bond acceptors (Lipinski definition) is 5. The Hall–Kier alpha value is -2.09. The average Bonchev–Trinajstić information content (AvgIpc) is 3.11. The first-order chi connectivity index (χ1) is 11.6. The van der Waals surface area contributed by atoms with Gasteiger partial charge in [0.05, 0.1) is 16.5 Å². The van der Waals surface area contributed by atoms with Crippen molar-refractivity contribution < 1.29 is 4.79 Å². The largest absolute Gasteiger partial charge is 0.325 e. The van der Waals surface area contributed by atoms with Crippen molar-refractivity contribution in [3.05, 3.63) is 58.8 Å². The summed E-state index contributed by atoms with van der Waals surface area (Å²) in [6.07, 6.45) is 1.50. The zero-order valence-electron chi connectivity index (χ0n) is 12.2. The predicted molar refractivity (Wildman–Crippen MR) is 95.0 cm³/mol. The lowest BCUT2D eigenvalue weighted by atomic mass is 10.3. The number of amides is 1. The highest BCUT2D eigenvalue weighted by Crippen LogP contribution is 2.29. The summed E-state index contributed by atoms with van der Waals surface area (Å²) >= 11 is 13.3. The molecule has 0 aliphatic rings. The Kier molecular flexibility index (Phi) is 5.34. The summed E-state index contributed by atoms with van der Waals surface area (Å²) < 4.78 is 1.53. The lowest BCUT2D eigenvalue weighted by Crippen LogP contribution is -2.14. The van der Waals surface area contributed by atoms with Gasteiger partial charge in [0.25, 0.3) is 0 Å². The van der Waals surface area contributed by atoms with Crippen LogP contribution < -0.4 is 5.32 Å². The Bertz CT molecular complexity index is 840. The second-order valence-corrected chi connectivity index (χ2v) is 6.57. The predicted octanol–water partition coefficient (Wildman–Crippen LogP) is 3.70. The van der Waals surface area contributed by atoms with E-state index < -0.39 is 0 Å². The number of carbonyl (C=O) groups is 1. The number of halogens is 2. The Labute approximate surface area is 152 Å². The summed E-state index contributed by atoms with van der Waals surface area (Å²) in [6.45, 7) is 0. The van der Waals surface area contributed by atoms with E-state index in [0.29, 0.717) is 15.7 Å². The maximum Gasteiger partial charge on any atom is 0.234 e. The van der Waals surface area contributed by atoms with Gasteiger partial charge in [0, 0.05) is 15.6 Å². The Morgan fingerprint density at radius 3 is 2.67 bits per heavy atom. The van der Waals surface area contributed by atoms with E-state index in [0.717, 1.165) is 10.6 Å². The molecule has 0 fully saturated rings. The number of benzene rings is 2. The van der Waals surface area contributed by atoms with Crippen LogP contribution in [0.4, 0.5) is 5.69 Å². The number of tetrazole rings is 1. The van der Waals surface area contributed by atoms with Crippen LogP contribution in [0.15, 0.2) is 53.7 Å². The van der Waals surface area contributed by atoms with E-state index in [-0.39, 0.29) is 11.7 Å². The second kappa shape index (κ2) is 7.65. The zero-order valence-corrected chi connectivity index (χ0v) is 14.5. The molecule has 1 aromatic heterocycles. The molecule has 2 aromatic carbocycles. The van der Waals surface area contributed by atoms with Crippen LogP contribution in [0.25, 0.3) is 5.69 Å². The molecule has 0 atom stereocenters. The van der Waals surface area contributed by atoms with E-state index >= 15 is 0 Å². The summed E-state index contributed by atoms with van der Waals surface area (Å²) in [5.74, 6) is 0.0978. The third-order valence-corrected chi connectivity index (χ3v) is 4.75. The summed E-state index contributed by atoms with van der Waals surface area (Å²) in [5.41, 5.74) is 1.49. The van der Waals surface area contributed by atoms with E-state index in [9.17, 15) is 4.79 Å². The summed E-state index contributed by atoms with van der Waals surface area (Å²) in [6, 6.07) is 12.3. The number of anilines is 1. The zero-order chi connectivity index (χ0) is 16.9. The standard InChI is InChI=1S/C15H11Cl2N5OS/c16-10-1-6-13(17)14(7-10)24-8-15(23)19-11-2-4-12(5-3-11)22-9-18-20-21-22/h1-7,9H,8H2,(H,19,23). The van der Waals surface area contributed by atoms with Crippen LogP contribution in [-0.2, 0) is 4.79 Å². The topological polar surface area (TPSA) is 72.7 Å². The van der Waals surface area contributed by atoms with Crippen molar-refractivity contribution in [1.29, 1.82) is 0 Å². The molecule has 9 heteroatoms. The molecule has 0 radical (unpaired) electrons. The van der Waals surface area contributed by atoms with E-state index in [1.54, 1.807) is 30.3 Å². The first-order valence-electron chi connectivity index (χ1n) is 6.83. The molecule has 6 nitrogen and oxygen atoms in total. The molecule has 1 N–H and O–H groups in total. The van der Waals surface area contributed by atoms with Crippen LogP contribution in [-0.4, -0.2) is 31.9 Å². The van der Waals surface area contributed by atoms with Crippen LogP contribution in [0.3, 0.4) is 0 Å². The molecule has 0 aliphatic carbocycles. The number of hydrogen-bond donors (Lipinski definition) is 1. The highest BCUT2D eigenvalue weighted by atomic mass is 35.5. The molecule has 0 aliphatic heterocycles. The Balaban J connectivity index is 1.58. The minimum Gasteiger partial charge on any atom is -0.325 e. The Morgan fingerprint density at radius 2 is 1.96 bits per heavy atom. The first-order valence-corrected chi connectivity index (χ1v) is 8.57. The van der Waals surface area contributed by atoms with Crippen LogP contribution >= 0.6 is 35.0 Å². The molecule has 3 rings (SSSR count). The minimum absolute atomic E-state index is 0.133. The highest BCUT2D eigenvalue weighted by Gasteiger charge is 2.07. The number of rotatable bonds is 5. The molecule has 0 saturated heterocycles. The van der Waals surface area contributed by atoms with Crippen molar-refractivity contribution in [2.24, 2.45) is 0 Å². The fraction of sp³-hybridized carbons (Fsp3) is 0.0667. The number of nitrogens with one attached hydrogen (secondary N) is 1. The molecule has 1 heterocycles. The second-order valence-electron chi connectivity index (χ2n) is 4.71. The molecule has 24 heavy (non-hydrogen) atoms. The third kappa shape index (κ3) is 4.25. The summed E-state index contributed by atoms with van der Waals surface area (Å²) in [4.78, 5) is 12.8. The SMILES string of the molecule is O=C(CSc1cc(Cl)ccc1Cl)Nc1ccc(-n2cnnn2)cc1. The van der Waals surface area contributed by atoms with Crippen LogP contribution in [0, 0.1) is 0 Å². The van der Waals surface area contributed by atoms with Gasteiger partial charge >= 0.3 is 0 Å². The number of thioether (sulfide) groups is 1. The van der Waals surface area contributed by atoms with E-state index in [1.807, 2.05) is 12.1 Å². The number of carbonyl (C=O) groups excluding carboxylic acids is 1. The molecule has 3 aromatic rings. The van der Waals surface area contributed by atoms with E-state index in [4.69, 9.17) is 23.2 Å². The maximum atomic E-state index is 12.1. The van der Waals surface area contributed by atoms with Gasteiger partial charge in [-0.25, -0.2) is 4.68 Å². The van der Waals surface area contributed by atoms with Crippen LogP contribution in [0.1, 0.15) is 0 Å². The molecule has 122 valence electrons. The minimum atomic E-state index is -0.133. The Morgan fingerprint density at radius 1 is 1.17 bits per heavy atom. The molecule has 1 amide bonds. The maximum absolute atomic E-state index is 12.1. The lowest BCUT2D eigenvalue weighted by Gasteiger charge is -2.07. The normalized spacial score (nSPS) is 10.6. The monoisotopic (exact) mass is 379 g/mol. The quantitative estimate of drug-likeness (QED) is 0.684. The van der Waals surface area contributed by atoms with Crippen molar-refractivity contribution >= 4 is 46.6 Å². The van der Waals surface area contributed by atoms with Gasteiger partial charge in [-0.1, -0.05) is 23.2 Å². The van der Waals surface area contributed by atoms with Gasteiger partial charge in [0.15, 0.2) is 0 Å². The molecular weight excluding hydrogens is 369 g/mol. The number of nitrogens with zero attached hydrogens (tertiary/aromatic N) is 4. The van der Waals surface area contributed by atoms with Crippen molar-refractivity contribution in [2.45, 2.75) is 4.90 Å². The smallest absolute Gasteiger partial charge is 0.234 e. The fourth-order valence-electron chi connectivity index (χ4n) is 1.91. The molecule has 0 saturated carbocycles. The molecule has 0 bridgehead atoms. The van der Waals surface area contributed by atoms with Gasteiger partial charge in [0.1, 0.15) is 6.33 Å². The van der Waals surface area contributed by atoms with Crippen molar-refractivity contribution in [3.8, 4) is 5.69 Å². The fourth-order valence-corrected chi connectivity index (χ4v) is 3.20. The van der Waals surface area contributed by atoms with Crippen LogP contribution in [0.5, 0.6) is 0 Å². The third-order valence-electron chi connectivity index (χ3n) is 3.02. The van der Waals surface area contributed by atoms with Crippen molar-refractivity contribution in [1.82, 2.24) is 20.2 Å². The van der Waals surface area contributed by atoms with Gasteiger partial charge in [-0.15, -0.1) is 16.9 Å². The average molecular weight is 380 g/mol. The van der Waals surface area contributed by atoms with Gasteiger partial charge in [-0.3, -0.25) is 4.79 Å². The molecule has 0 spiro atoms. The van der Waals surface area contributed by atoms with Crippen molar-refractivity contribution in [3.63, 3.8) is 0 Å². The van der Waals surface area contributed by atoms with Gasteiger partial charge in [0.2, 0.25) is 5.91 Å². The van der Waals surface area contributed by atoms with E-state index in [1.165, 1.54) is 22.8 Å². The molecule has 0 unspecified atom stereocenters. The summed E-state index contributed by atoms with van der Waals surface area (Å²) in [5, 5.41) is 14.9. The lowest BCUT2D eigenvalue weighted by molar-refractivity contribution is -0.113. The highest BCUT2D eigenvalue weighted by molar-refractivity contribution is 8.00. The van der Waals surface area contributed by atoms with Crippen molar-refractivity contribution in [2.75, 3.05) is 11.1 Å². The molecular formula is C15H11Cl2N5OS. The van der Waals surface area contributed by atoms with Gasteiger partial charge in [-0.05, 0) is 52.9 Å². The van der Waals surface area contributed by atoms with E-state index in [2.05, 4.69) is 20.8 Å². The number of aromatic nitrogens is 4. The van der Waals surface area contributed by atoms with Gasteiger partial charge in [-0.2, -0.15) is 0 Å². The van der Waals surface area contributed by atoms with Gasteiger partial charge < -0.3 is 5.32 Å². The summed E-state index contributed by atoms with van der Waals surface area (Å²) in [7, 11) is 0. The van der Waals surface area contributed by atoms with Crippen LogP contribution in [0.2, 0.25) is 10.0 Å².